The topological polar surface area (TPSA) is 65.0 Å². The molecule has 1 unspecified atom stereocenters. The van der Waals surface area contributed by atoms with Gasteiger partial charge in [0.1, 0.15) is 5.82 Å². The number of aliphatic hydroxyl groups excluding tert-OH is 1. The fourth-order valence-corrected chi connectivity index (χ4v) is 1.97. The van der Waals surface area contributed by atoms with Crippen molar-refractivity contribution in [3.05, 3.63) is 22.5 Å². The fraction of sp³-hybridized carbons (Fsp3) is 0.462. The maximum atomic E-state index is 14.1. The molecule has 1 N–H and O–H groups in total. The van der Waals surface area contributed by atoms with Gasteiger partial charge in [0.15, 0.2) is 17.6 Å². The van der Waals surface area contributed by atoms with E-state index >= 15 is 0 Å². The predicted molar refractivity (Wildman–Crippen MR) is 66.0 cm³/mol. The van der Waals surface area contributed by atoms with E-state index in [0.717, 1.165) is 7.11 Å². The SMILES string of the molecule is COC(=O)C(O)c1c(C)c(F)c(C)c(OC)c1OC. The molecule has 0 aliphatic rings. The standard InChI is InChI=1S/C13H17FO5/c1-6-8(10(15)13(16)19-5)12(18-4)11(17-3)7(2)9(6)14/h10,15H,1-5H3. The molecule has 0 saturated carbocycles. The summed E-state index contributed by atoms with van der Waals surface area (Å²) in [6.45, 7) is 2.98. The van der Waals surface area contributed by atoms with Crippen molar-refractivity contribution < 1.29 is 28.5 Å². The highest BCUT2D eigenvalue weighted by molar-refractivity contribution is 5.79. The first kappa shape index (κ1) is 15.2. The van der Waals surface area contributed by atoms with Gasteiger partial charge in [0.05, 0.1) is 21.3 Å². The molecule has 0 bridgehead atoms. The zero-order valence-corrected chi connectivity index (χ0v) is 11.5. The Balaban J connectivity index is 3.62. The number of carbonyl (C=O) groups is 1. The Morgan fingerprint density at radius 1 is 1.11 bits per heavy atom. The summed E-state index contributed by atoms with van der Waals surface area (Å²) in [7, 11) is 3.84. The number of benzene rings is 1. The largest absolute Gasteiger partial charge is 0.492 e. The Hall–Kier alpha value is -1.82. The highest BCUT2D eigenvalue weighted by atomic mass is 19.1. The van der Waals surface area contributed by atoms with Crippen LogP contribution in [0, 0.1) is 19.7 Å². The third kappa shape index (κ3) is 2.49. The van der Waals surface area contributed by atoms with E-state index in [1.54, 1.807) is 0 Å². The van der Waals surface area contributed by atoms with Crippen LogP contribution < -0.4 is 9.47 Å². The number of rotatable bonds is 4. The van der Waals surface area contributed by atoms with E-state index in [9.17, 15) is 14.3 Å². The second-order valence-corrected chi connectivity index (χ2v) is 3.97. The molecule has 0 fully saturated rings. The van der Waals surface area contributed by atoms with E-state index in [-0.39, 0.29) is 28.2 Å². The zero-order chi connectivity index (χ0) is 14.7. The van der Waals surface area contributed by atoms with Crippen LogP contribution in [0.15, 0.2) is 0 Å². The Morgan fingerprint density at radius 2 is 1.63 bits per heavy atom. The molecule has 0 saturated heterocycles. The lowest BCUT2D eigenvalue weighted by molar-refractivity contribution is -0.150. The Labute approximate surface area is 110 Å². The van der Waals surface area contributed by atoms with Gasteiger partial charge in [-0.05, 0) is 19.4 Å². The van der Waals surface area contributed by atoms with Gasteiger partial charge in [-0.3, -0.25) is 0 Å². The number of hydrogen-bond acceptors (Lipinski definition) is 5. The van der Waals surface area contributed by atoms with Crippen molar-refractivity contribution in [1.29, 1.82) is 0 Å². The predicted octanol–water partition coefficient (Wildman–Crippen LogP) is 1.67. The summed E-state index contributed by atoms with van der Waals surface area (Å²) in [5.41, 5.74) is 0.375. The van der Waals surface area contributed by atoms with Crippen LogP contribution in [-0.2, 0) is 9.53 Å². The van der Waals surface area contributed by atoms with Crippen LogP contribution in [0.3, 0.4) is 0 Å². The molecule has 1 aromatic rings. The molecule has 1 rings (SSSR count). The van der Waals surface area contributed by atoms with E-state index < -0.39 is 17.9 Å². The first-order chi connectivity index (χ1) is 8.90. The molecule has 0 aliphatic carbocycles. The van der Waals surface area contributed by atoms with E-state index in [1.165, 1.54) is 28.1 Å². The average molecular weight is 272 g/mol. The molecular formula is C13H17FO5. The van der Waals surface area contributed by atoms with E-state index in [4.69, 9.17) is 9.47 Å². The van der Waals surface area contributed by atoms with Gasteiger partial charge in [0, 0.05) is 11.1 Å². The van der Waals surface area contributed by atoms with E-state index in [1.807, 2.05) is 0 Å². The summed E-state index contributed by atoms with van der Waals surface area (Å²) in [5, 5.41) is 9.94. The number of carbonyl (C=O) groups excluding carboxylic acids is 1. The summed E-state index contributed by atoms with van der Waals surface area (Å²) < 4.78 is 28.8. The number of halogens is 1. The molecule has 0 aromatic heterocycles. The lowest BCUT2D eigenvalue weighted by atomic mass is 9.97. The molecule has 0 spiro atoms. The number of aliphatic hydroxyl groups is 1. The smallest absolute Gasteiger partial charge is 0.339 e. The van der Waals surface area contributed by atoms with Crippen LogP contribution >= 0.6 is 0 Å². The summed E-state index contributed by atoms with van der Waals surface area (Å²) in [5.74, 6) is -1.19. The monoisotopic (exact) mass is 272 g/mol. The summed E-state index contributed by atoms with van der Waals surface area (Å²) in [4.78, 5) is 11.4. The van der Waals surface area contributed by atoms with Gasteiger partial charge < -0.3 is 19.3 Å². The first-order valence-electron chi connectivity index (χ1n) is 5.57. The third-order valence-corrected chi connectivity index (χ3v) is 2.96. The second-order valence-electron chi connectivity index (χ2n) is 3.97. The zero-order valence-electron chi connectivity index (χ0n) is 11.5. The Bertz CT molecular complexity index is 499. The van der Waals surface area contributed by atoms with Crippen molar-refractivity contribution in [2.24, 2.45) is 0 Å². The number of ether oxygens (including phenoxy) is 3. The van der Waals surface area contributed by atoms with Crippen LogP contribution in [-0.4, -0.2) is 32.4 Å². The number of methoxy groups -OCH3 is 3. The Kier molecular flexibility index (Phi) is 4.72. The first-order valence-corrected chi connectivity index (χ1v) is 5.57. The minimum atomic E-state index is -1.64. The van der Waals surface area contributed by atoms with Crippen molar-refractivity contribution in [3.63, 3.8) is 0 Å². The Morgan fingerprint density at radius 3 is 2.05 bits per heavy atom. The van der Waals surface area contributed by atoms with Crippen molar-refractivity contribution in [1.82, 2.24) is 0 Å². The van der Waals surface area contributed by atoms with Gasteiger partial charge in [-0.25, -0.2) is 9.18 Å². The summed E-state index contributed by atoms with van der Waals surface area (Å²) >= 11 is 0. The molecule has 0 aliphatic heterocycles. The molecule has 106 valence electrons. The lowest BCUT2D eigenvalue weighted by Crippen LogP contribution is -2.17. The van der Waals surface area contributed by atoms with Crippen LogP contribution in [0.4, 0.5) is 4.39 Å². The van der Waals surface area contributed by atoms with Crippen molar-refractivity contribution in [2.45, 2.75) is 20.0 Å². The molecule has 0 heterocycles. The van der Waals surface area contributed by atoms with Gasteiger partial charge in [-0.15, -0.1) is 0 Å². The van der Waals surface area contributed by atoms with Crippen molar-refractivity contribution in [2.75, 3.05) is 21.3 Å². The molecule has 1 atom stereocenters. The lowest BCUT2D eigenvalue weighted by Gasteiger charge is -2.20. The molecule has 0 radical (unpaired) electrons. The quantitative estimate of drug-likeness (QED) is 0.845. The molecule has 1 aromatic carbocycles. The summed E-state index contributed by atoms with van der Waals surface area (Å²) in [6.07, 6.45) is -1.64. The highest BCUT2D eigenvalue weighted by Crippen LogP contribution is 2.41. The second kappa shape index (κ2) is 5.88. The molecule has 0 amide bonds. The van der Waals surface area contributed by atoms with Crippen molar-refractivity contribution in [3.8, 4) is 11.5 Å². The van der Waals surface area contributed by atoms with Gasteiger partial charge in [-0.2, -0.15) is 0 Å². The normalized spacial score (nSPS) is 11.9. The molecular weight excluding hydrogens is 255 g/mol. The van der Waals surface area contributed by atoms with Gasteiger partial charge in [0.2, 0.25) is 0 Å². The molecule has 5 nitrogen and oxygen atoms in total. The molecule has 6 heteroatoms. The van der Waals surface area contributed by atoms with Crippen molar-refractivity contribution >= 4 is 5.97 Å². The summed E-state index contributed by atoms with van der Waals surface area (Å²) in [6, 6.07) is 0. The van der Waals surface area contributed by atoms with Crippen LogP contribution in [0.5, 0.6) is 11.5 Å². The maximum Gasteiger partial charge on any atom is 0.339 e. The number of hydrogen-bond donors (Lipinski definition) is 1. The van der Waals surface area contributed by atoms with Crippen LogP contribution in [0.1, 0.15) is 22.8 Å². The van der Waals surface area contributed by atoms with Crippen LogP contribution in [0.25, 0.3) is 0 Å². The fourth-order valence-electron chi connectivity index (χ4n) is 1.97. The minimum absolute atomic E-state index is 0.00861. The average Bonchev–Trinajstić information content (AvgIpc) is 2.42. The number of esters is 1. The van der Waals surface area contributed by atoms with Gasteiger partial charge in [0.25, 0.3) is 0 Å². The van der Waals surface area contributed by atoms with Gasteiger partial charge >= 0.3 is 5.97 Å². The molecule has 19 heavy (non-hydrogen) atoms. The van der Waals surface area contributed by atoms with Crippen LogP contribution in [0.2, 0.25) is 0 Å². The van der Waals surface area contributed by atoms with E-state index in [0.29, 0.717) is 0 Å². The minimum Gasteiger partial charge on any atom is -0.492 e. The third-order valence-electron chi connectivity index (χ3n) is 2.96. The highest BCUT2D eigenvalue weighted by Gasteiger charge is 2.30. The van der Waals surface area contributed by atoms with E-state index in [2.05, 4.69) is 4.74 Å². The van der Waals surface area contributed by atoms with Gasteiger partial charge in [-0.1, -0.05) is 0 Å². The maximum absolute atomic E-state index is 14.1.